The van der Waals surface area contributed by atoms with Crippen LogP contribution in [0.5, 0.6) is 0 Å². The maximum atomic E-state index is 6.79. The fourth-order valence-electron chi connectivity index (χ4n) is 7.15. The second kappa shape index (κ2) is 10.1. The third kappa shape index (κ3) is 3.98. The third-order valence-corrected chi connectivity index (χ3v) is 9.25. The minimum atomic E-state index is 0.624. The van der Waals surface area contributed by atoms with E-state index < -0.39 is 0 Å². The fraction of sp³-hybridized carbons (Fsp3) is 0. The summed E-state index contributed by atoms with van der Waals surface area (Å²) in [6.07, 6.45) is 0. The summed E-state index contributed by atoms with van der Waals surface area (Å²) in [4.78, 5) is 14.9. The summed E-state index contributed by atoms with van der Waals surface area (Å²) in [7, 11) is 0. The van der Waals surface area contributed by atoms with Gasteiger partial charge in [0.15, 0.2) is 17.5 Å². The average Bonchev–Trinajstić information content (AvgIpc) is 3.49. The highest BCUT2D eigenvalue weighted by Crippen LogP contribution is 2.51. The minimum Gasteiger partial charge on any atom is -0.455 e. The van der Waals surface area contributed by atoms with Crippen molar-refractivity contribution in [2.24, 2.45) is 0 Å². The lowest BCUT2D eigenvalue weighted by Crippen LogP contribution is -2.00. The summed E-state index contributed by atoms with van der Waals surface area (Å²) < 4.78 is 6.79. The molecular formula is C43H25N3O. The minimum absolute atomic E-state index is 0.624. The van der Waals surface area contributed by atoms with Gasteiger partial charge >= 0.3 is 0 Å². The fourth-order valence-corrected chi connectivity index (χ4v) is 7.15. The number of hydrogen-bond acceptors (Lipinski definition) is 4. The lowest BCUT2D eigenvalue weighted by atomic mass is 9.91. The molecule has 218 valence electrons. The second-order valence-electron chi connectivity index (χ2n) is 12.0. The van der Waals surface area contributed by atoms with Gasteiger partial charge in [-0.1, -0.05) is 133 Å². The summed E-state index contributed by atoms with van der Waals surface area (Å²) in [5.41, 5.74) is 11.6. The Bertz CT molecular complexity index is 2600. The quantitative estimate of drug-likeness (QED) is 0.202. The van der Waals surface area contributed by atoms with E-state index in [-0.39, 0.29) is 0 Å². The van der Waals surface area contributed by atoms with E-state index in [9.17, 15) is 0 Å². The molecule has 9 aromatic rings. The zero-order valence-electron chi connectivity index (χ0n) is 25.2. The monoisotopic (exact) mass is 599 g/mol. The van der Waals surface area contributed by atoms with Gasteiger partial charge in [0, 0.05) is 38.4 Å². The van der Waals surface area contributed by atoms with E-state index in [0.717, 1.165) is 44.4 Å². The molecule has 0 radical (unpaired) electrons. The number of furan rings is 1. The zero-order valence-corrected chi connectivity index (χ0v) is 25.2. The highest BCUT2D eigenvalue weighted by molar-refractivity contribution is 6.30. The molecule has 0 saturated carbocycles. The Morgan fingerprint density at radius 3 is 1.53 bits per heavy atom. The molecule has 4 heteroatoms. The van der Waals surface area contributed by atoms with E-state index in [1.54, 1.807) is 0 Å². The van der Waals surface area contributed by atoms with Crippen LogP contribution >= 0.6 is 0 Å². The highest BCUT2D eigenvalue weighted by atomic mass is 16.3. The summed E-state index contributed by atoms with van der Waals surface area (Å²) in [5.74, 6) is 1.91. The van der Waals surface area contributed by atoms with E-state index in [1.807, 2.05) is 60.7 Å². The first-order chi connectivity index (χ1) is 23.3. The van der Waals surface area contributed by atoms with Crippen molar-refractivity contribution < 1.29 is 4.42 Å². The molecule has 0 aliphatic heterocycles. The standard InChI is InChI=1S/C43H25N3O/c1-3-12-26(13-4-1)41-44-42(27-14-5-2-6-15-27)46-43(45-41)30-18-9-16-28(24-30)35-25-29-17-10-21-33-31-19-7-8-20-32(31)34-22-11-23-36-38(34)39(37(29)33)40(35)47-36/h1-25H. The number of hydrogen-bond donors (Lipinski definition) is 0. The molecule has 0 amide bonds. The van der Waals surface area contributed by atoms with Crippen molar-refractivity contribution >= 4 is 32.7 Å². The van der Waals surface area contributed by atoms with Crippen molar-refractivity contribution in [2.75, 3.05) is 0 Å². The van der Waals surface area contributed by atoms with E-state index in [4.69, 9.17) is 19.4 Å². The van der Waals surface area contributed by atoms with E-state index in [2.05, 4.69) is 91.0 Å². The Kier molecular flexibility index (Phi) is 5.54. The topological polar surface area (TPSA) is 51.8 Å². The Hall–Kier alpha value is -6.39. The van der Waals surface area contributed by atoms with Crippen LogP contribution in [-0.4, -0.2) is 15.0 Å². The van der Waals surface area contributed by atoms with E-state index >= 15 is 0 Å². The van der Waals surface area contributed by atoms with Crippen LogP contribution in [0, 0.1) is 0 Å². The number of benzene rings is 7. The van der Waals surface area contributed by atoms with Crippen molar-refractivity contribution in [3.63, 3.8) is 0 Å². The van der Waals surface area contributed by atoms with Crippen LogP contribution in [0.15, 0.2) is 156 Å². The number of rotatable bonds is 4. The van der Waals surface area contributed by atoms with Gasteiger partial charge in [0.1, 0.15) is 11.2 Å². The van der Waals surface area contributed by atoms with Crippen LogP contribution in [0.3, 0.4) is 0 Å². The largest absolute Gasteiger partial charge is 0.455 e. The van der Waals surface area contributed by atoms with Gasteiger partial charge < -0.3 is 4.42 Å². The number of nitrogens with zero attached hydrogens (tertiary/aromatic N) is 3. The van der Waals surface area contributed by atoms with Gasteiger partial charge in [-0.25, -0.2) is 15.0 Å². The molecular weight excluding hydrogens is 574 g/mol. The first-order valence-electron chi connectivity index (χ1n) is 15.8. The maximum absolute atomic E-state index is 6.79. The number of aromatic nitrogens is 3. The molecule has 0 unspecified atom stereocenters. The smallest absolute Gasteiger partial charge is 0.164 e. The van der Waals surface area contributed by atoms with Gasteiger partial charge in [-0.3, -0.25) is 0 Å². The highest BCUT2D eigenvalue weighted by Gasteiger charge is 2.25. The summed E-state index contributed by atoms with van der Waals surface area (Å²) in [6, 6.07) is 52.6. The predicted octanol–water partition coefficient (Wildman–Crippen LogP) is 11.2. The predicted molar refractivity (Wildman–Crippen MR) is 191 cm³/mol. The van der Waals surface area contributed by atoms with Gasteiger partial charge in [-0.05, 0) is 51.4 Å². The molecule has 47 heavy (non-hydrogen) atoms. The van der Waals surface area contributed by atoms with Crippen molar-refractivity contribution in [3.8, 4) is 67.5 Å². The molecule has 0 atom stereocenters. The molecule has 4 nitrogen and oxygen atoms in total. The molecule has 0 N–H and O–H groups in total. The van der Waals surface area contributed by atoms with Crippen molar-refractivity contribution in [1.82, 2.24) is 15.0 Å². The van der Waals surface area contributed by atoms with Gasteiger partial charge in [0.05, 0.1) is 0 Å². The lowest BCUT2D eigenvalue weighted by molar-refractivity contribution is 0.670. The van der Waals surface area contributed by atoms with Crippen molar-refractivity contribution in [1.29, 1.82) is 0 Å². The van der Waals surface area contributed by atoms with Gasteiger partial charge in [0.25, 0.3) is 0 Å². The third-order valence-electron chi connectivity index (χ3n) is 9.25. The number of fused-ring (bicyclic) bond motifs is 3. The summed E-state index contributed by atoms with van der Waals surface area (Å²) >= 11 is 0. The molecule has 2 aromatic heterocycles. The van der Waals surface area contributed by atoms with Crippen LogP contribution in [0.1, 0.15) is 0 Å². The Labute approximate surface area is 270 Å². The molecule has 0 fully saturated rings. The molecule has 0 bridgehead atoms. The van der Waals surface area contributed by atoms with Crippen LogP contribution in [0.2, 0.25) is 0 Å². The van der Waals surface area contributed by atoms with Crippen molar-refractivity contribution in [2.45, 2.75) is 0 Å². The normalized spacial score (nSPS) is 11.8. The maximum Gasteiger partial charge on any atom is 0.164 e. The Balaban J connectivity index is 1.22. The SMILES string of the molecule is c1ccc(-c2nc(-c3ccccc3)nc(-c3cccc(-c4cc5cccc6c5c5c4oc4cccc(c45)-c4ccccc4-6)c3)n2)cc1. The van der Waals surface area contributed by atoms with Crippen LogP contribution in [0.25, 0.3) is 100 Å². The lowest BCUT2D eigenvalue weighted by Gasteiger charge is -2.13. The molecule has 2 heterocycles. The van der Waals surface area contributed by atoms with Crippen LogP contribution in [0.4, 0.5) is 0 Å². The second-order valence-corrected chi connectivity index (χ2v) is 12.0. The van der Waals surface area contributed by atoms with Crippen LogP contribution < -0.4 is 0 Å². The van der Waals surface area contributed by atoms with E-state index in [0.29, 0.717) is 17.5 Å². The molecule has 1 aliphatic carbocycles. The van der Waals surface area contributed by atoms with Gasteiger partial charge in [-0.2, -0.15) is 0 Å². The molecule has 10 rings (SSSR count). The van der Waals surface area contributed by atoms with Crippen LogP contribution in [-0.2, 0) is 0 Å². The molecule has 1 aliphatic rings. The zero-order chi connectivity index (χ0) is 30.9. The van der Waals surface area contributed by atoms with E-state index in [1.165, 1.54) is 38.4 Å². The summed E-state index contributed by atoms with van der Waals surface area (Å²) in [6.45, 7) is 0. The Morgan fingerprint density at radius 1 is 0.340 bits per heavy atom. The summed E-state index contributed by atoms with van der Waals surface area (Å²) in [5, 5.41) is 4.75. The molecule has 0 spiro atoms. The molecule has 7 aromatic carbocycles. The van der Waals surface area contributed by atoms with Gasteiger partial charge in [-0.15, -0.1) is 0 Å². The Morgan fingerprint density at radius 2 is 0.851 bits per heavy atom. The first kappa shape index (κ1) is 25.9. The molecule has 0 saturated heterocycles. The van der Waals surface area contributed by atoms with Crippen molar-refractivity contribution in [3.05, 3.63) is 152 Å². The van der Waals surface area contributed by atoms with Gasteiger partial charge in [0.2, 0.25) is 0 Å². The first-order valence-corrected chi connectivity index (χ1v) is 15.8. The average molecular weight is 600 g/mol.